The molecule has 112 valence electrons. The molecular weight excluding hydrogens is 325 g/mol. The van der Waals surface area contributed by atoms with Gasteiger partial charge in [0.1, 0.15) is 4.90 Å². The molecule has 8 heteroatoms. The predicted octanol–water partition coefficient (Wildman–Crippen LogP) is 2.77. The average molecular weight is 340 g/mol. The van der Waals surface area contributed by atoms with Gasteiger partial charge < -0.3 is 5.11 Å². The highest BCUT2D eigenvalue weighted by Crippen LogP contribution is 2.28. The highest BCUT2D eigenvalue weighted by Gasteiger charge is 2.24. The van der Waals surface area contributed by atoms with E-state index in [1.165, 1.54) is 18.2 Å². The van der Waals surface area contributed by atoms with Gasteiger partial charge in [0.25, 0.3) is 0 Å². The Hall–Kier alpha value is -0.820. The third-order valence-electron chi connectivity index (χ3n) is 2.69. The average Bonchev–Trinajstić information content (AvgIpc) is 2.33. The molecule has 0 aliphatic rings. The molecule has 0 radical (unpaired) electrons. The number of sulfonamides is 1. The largest absolute Gasteiger partial charge is 0.481 e. The van der Waals surface area contributed by atoms with Crippen LogP contribution in [0.1, 0.15) is 19.8 Å². The molecule has 1 aromatic carbocycles. The number of benzene rings is 1. The van der Waals surface area contributed by atoms with Gasteiger partial charge in [-0.1, -0.05) is 42.6 Å². The zero-order valence-electron chi connectivity index (χ0n) is 10.8. The quantitative estimate of drug-likeness (QED) is 0.799. The van der Waals surface area contributed by atoms with Gasteiger partial charge in [-0.05, 0) is 18.6 Å². The summed E-state index contributed by atoms with van der Waals surface area (Å²) < 4.78 is 26.5. The van der Waals surface area contributed by atoms with Crippen LogP contribution in [0.25, 0.3) is 0 Å². The van der Waals surface area contributed by atoms with Gasteiger partial charge in [-0.15, -0.1) is 0 Å². The Kier molecular flexibility index (Phi) is 6.26. The van der Waals surface area contributed by atoms with Crippen molar-refractivity contribution in [1.29, 1.82) is 0 Å². The van der Waals surface area contributed by atoms with Crippen molar-refractivity contribution in [3.05, 3.63) is 28.2 Å². The lowest BCUT2D eigenvalue weighted by Gasteiger charge is -2.14. The van der Waals surface area contributed by atoms with Crippen LogP contribution in [0.5, 0.6) is 0 Å². The summed E-state index contributed by atoms with van der Waals surface area (Å²) in [7, 11) is -3.95. The van der Waals surface area contributed by atoms with Crippen LogP contribution in [0.4, 0.5) is 0 Å². The minimum atomic E-state index is -3.95. The fourth-order valence-corrected chi connectivity index (χ4v) is 3.90. The maximum Gasteiger partial charge on any atom is 0.307 e. The molecule has 0 amide bonds. The number of nitrogens with one attached hydrogen (secondary N) is 1. The predicted molar refractivity (Wildman–Crippen MR) is 77.7 cm³/mol. The van der Waals surface area contributed by atoms with Crippen LogP contribution in [0.2, 0.25) is 10.0 Å². The highest BCUT2D eigenvalue weighted by atomic mass is 35.5. The standard InChI is InChI=1S/C12H15Cl2NO4S/c1-2-4-8(12(16)17)7-15-20(18,19)11-9(13)5-3-6-10(11)14/h3,5-6,8,15H,2,4,7H2,1H3,(H,16,17). The van der Waals surface area contributed by atoms with Gasteiger partial charge in [0.2, 0.25) is 10.0 Å². The summed E-state index contributed by atoms with van der Waals surface area (Å²) >= 11 is 11.7. The molecule has 1 aromatic rings. The molecule has 5 nitrogen and oxygen atoms in total. The summed E-state index contributed by atoms with van der Waals surface area (Å²) in [6, 6.07) is 4.34. The molecule has 0 aromatic heterocycles. The lowest BCUT2D eigenvalue weighted by atomic mass is 10.1. The molecule has 0 saturated heterocycles. The van der Waals surface area contributed by atoms with Crippen molar-refractivity contribution in [3.8, 4) is 0 Å². The molecule has 1 unspecified atom stereocenters. The SMILES string of the molecule is CCCC(CNS(=O)(=O)c1c(Cl)cccc1Cl)C(=O)O. The number of rotatable bonds is 7. The molecule has 0 bridgehead atoms. The first-order valence-corrected chi connectivity index (χ1v) is 8.20. The topological polar surface area (TPSA) is 83.5 Å². The molecule has 0 aliphatic heterocycles. The Labute approximate surface area is 127 Å². The first-order chi connectivity index (χ1) is 9.29. The third-order valence-corrected chi connectivity index (χ3v) is 5.07. The maximum atomic E-state index is 12.1. The van der Waals surface area contributed by atoms with Crippen LogP contribution in [-0.2, 0) is 14.8 Å². The van der Waals surface area contributed by atoms with E-state index in [0.717, 1.165) is 0 Å². The molecule has 0 fully saturated rings. The Morgan fingerprint density at radius 2 is 1.90 bits per heavy atom. The maximum absolute atomic E-state index is 12.1. The smallest absolute Gasteiger partial charge is 0.307 e. The third kappa shape index (κ3) is 4.34. The van der Waals surface area contributed by atoms with E-state index in [9.17, 15) is 13.2 Å². The summed E-state index contributed by atoms with van der Waals surface area (Å²) in [5, 5.41) is 8.98. The molecule has 2 N–H and O–H groups in total. The molecule has 0 saturated carbocycles. The van der Waals surface area contributed by atoms with Crippen LogP contribution in [0, 0.1) is 5.92 Å². The van der Waals surface area contributed by atoms with Gasteiger partial charge in [-0.3, -0.25) is 4.79 Å². The van der Waals surface area contributed by atoms with Crippen molar-refractivity contribution in [3.63, 3.8) is 0 Å². The van der Waals surface area contributed by atoms with E-state index in [-0.39, 0.29) is 21.5 Å². The van der Waals surface area contributed by atoms with Gasteiger partial charge in [-0.25, -0.2) is 13.1 Å². The Bertz CT molecular complexity index is 569. The van der Waals surface area contributed by atoms with E-state index < -0.39 is 21.9 Å². The normalized spacial score (nSPS) is 13.2. The van der Waals surface area contributed by atoms with Crippen molar-refractivity contribution in [2.75, 3.05) is 6.54 Å². The van der Waals surface area contributed by atoms with Crippen LogP contribution < -0.4 is 4.72 Å². The van der Waals surface area contributed by atoms with Crippen LogP contribution >= 0.6 is 23.2 Å². The number of carboxylic acids is 1. The molecule has 1 atom stereocenters. The summed E-state index contributed by atoms with van der Waals surface area (Å²) in [5.74, 6) is -1.82. The van der Waals surface area contributed by atoms with Crippen molar-refractivity contribution in [2.45, 2.75) is 24.7 Å². The second kappa shape index (κ2) is 7.26. The monoisotopic (exact) mass is 339 g/mol. The van der Waals surface area contributed by atoms with Crippen molar-refractivity contribution in [1.82, 2.24) is 4.72 Å². The fraction of sp³-hybridized carbons (Fsp3) is 0.417. The van der Waals surface area contributed by atoms with E-state index >= 15 is 0 Å². The van der Waals surface area contributed by atoms with Crippen molar-refractivity contribution < 1.29 is 18.3 Å². The van der Waals surface area contributed by atoms with E-state index in [1.54, 1.807) is 0 Å². The first-order valence-electron chi connectivity index (χ1n) is 5.96. The number of hydrogen-bond donors (Lipinski definition) is 2. The molecule has 0 spiro atoms. The van der Waals surface area contributed by atoms with Gasteiger partial charge in [-0.2, -0.15) is 0 Å². The molecule has 0 heterocycles. The zero-order chi connectivity index (χ0) is 15.3. The van der Waals surface area contributed by atoms with Gasteiger partial charge >= 0.3 is 5.97 Å². The summed E-state index contributed by atoms with van der Waals surface area (Å²) in [5.41, 5.74) is 0. The van der Waals surface area contributed by atoms with E-state index in [0.29, 0.717) is 12.8 Å². The minimum absolute atomic E-state index is 0.00707. The van der Waals surface area contributed by atoms with E-state index in [2.05, 4.69) is 4.72 Å². The Balaban J connectivity index is 2.93. The lowest BCUT2D eigenvalue weighted by molar-refractivity contribution is -0.141. The Morgan fingerprint density at radius 1 is 1.35 bits per heavy atom. The van der Waals surface area contributed by atoms with Gasteiger partial charge in [0.05, 0.1) is 16.0 Å². The summed E-state index contributed by atoms with van der Waals surface area (Å²) in [6.07, 6.45) is 1.03. The lowest BCUT2D eigenvalue weighted by Crippen LogP contribution is -2.33. The van der Waals surface area contributed by atoms with E-state index in [1.807, 2.05) is 6.92 Å². The second-order valence-electron chi connectivity index (χ2n) is 4.23. The number of aliphatic carboxylic acids is 1. The molecule has 0 aliphatic carbocycles. The number of hydrogen-bond acceptors (Lipinski definition) is 3. The van der Waals surface area contributed by atoms with Gasteiger partial charge in [0, 0.05) is 6.54 Å². The number of carbonyl (C=O) groups is 1. The van der Waals surface area contributed by atoms with Gasteiger partial charge in [0.15, 0.2) is 0 Å². The molecular formula is C12H15Cl2NO4S. The number of halogens is 2. The highest BCUT2D eigenvalue weighted by molar-refractivity contribution is 7.89. The summed E-state index contributed by atoms with van der Waals surface area (Å²) in [4.78, 5) is 10.8. The van der Waals surface area contributed by atoms with Crippen molar-refractivity contribution in [2.24, 2.45) is 5.92 Å². The number of carboxylic acid groups (broad SMARTS) is 1. The molecule has 20 heavy (non-hydrogen) atoms. The van der Waals surface area contributed by atoms with E-state index in [4.69, 9.17) is 28.3 Å². The minimum Gasteiger partial charge on any atom is -0.481 e. The summed E-state index contributed by atoms with van der Waals surface area (Å²) in [6.45, 7) is 1.63. The first kappa shape index (κ1) is 17.2. The Morgan fingerprint density at radius 3 is 2.35 bits per heavy atom. The van der Waals surface area contributed by atoms with Crippen LogP contribution in [0.15, 0.2) is 23.1 Å². The molecule has 1 rings (SSSR count). The van der Waals surface area contributed by atoms with Crippen molar-refractivity contribution >= 4 is 39.2 Å². The second-order valence-corrected chi connectivity index (χ2v) is 6.74. The van der Waals surface area contributed by atoms with Crippen LogP contribution in [0.3, 0.4) is 0 Å². The fourth-order valence-electron chi connectivity index (χ4n) is 1.68. The van der Waals surface area contributed by atoms with Crippen LogP contribution in [-0.4, -0.2) is 26.0 Å². The zero-order valence-corrected chi connectivity index (χ0v) is 13.1.